The Morgan fingerprint density at radius 2 is 1.83 bits per heavy atom. The summed E-state index contributed by atoms with van der Waals surface area (Å²) in [4.78, 5) is 0. The molecule has 1 aromatic rings. The van der Waals surface area contributed by atoms with Crippen LogP contribution in [0.2, 0.25) is 0 Å². The van der Waals surface area contributed by atoms with Crippen LogP contribution in [0.1, 0.15) is 51.6 Å². The van der Waals surface area contributed by atoms with Crippen molar-refractivity contribution in [2.75, 3.05) is 0 Å². The maximum Gasteiger partial charge on any atom is 0.119 e. The Hall–Kier alpha value is -1.22. The van der Waals surface area contributed by atoms with E-state index in [1.54, 1.807) is 12.1 Å². The van der Waals surface area contributed by atoms with Crippen LogP contribution >= 0.6 is 0 Å². The highest BCUT2D eigenvalue weighted by Gasteiger charge is 2.31. The molecule has 1 aliphatic carbocycles. The van der Waals surface area contributed by atoms with E-state index in [0.29, 0.717) is 11.5 Å². The third-order valence-electron chi connectivity index (χ3n) is 3.88. The molecule has 0 aromatic heterocycles. The molecule has 2 unspecified atom stereocenters. The second kappa shape index (κ2) is 4.81. The zero-order chi connectivity index (χ0) is 13.3. The molecule has 0 aliphatic heterocycles. The van der Waals surface area contributed by atoms with E-state index in [9.17, 15) is 10.2 Å². The summed E-state index contributed by atoms with van der Waals surface area (Å²) in [5, 5.41) is 22.6. The van der Waals surface area contributed by atoms with E-state index >= 15 is 0 Å². The lowest BCUT2D eigenvalue weighted by molar-refractivity contribution is 0.355. The van der Waals surface area contributed by atoms with Crippen molar-refractivity contribution in [1.29, 1.82) is 0 Å². The summed E-state index contributed by atoms with van der Waals surface area (Å²) in [5.74, 6) is 0.232. The molecular weight excluding hydrogens is 226 g/mol. The van der Waals surface area contributed by atoms with E-state index in [1.165, 1.54) is 25.3 Å². The highest BCUT2D eigenvalue weighted by Crippen LogP contribution is 2.38. The summed E-state index contributed by atoms with van der Waals surface area (Å²) in [6, 6.07) is 5.44. The second-order valence-corrected chi connectivity index (χ2v) is 6.28. The molecule has 1 fully saturated rings. The van der Waals surface area contributed by atoms with Crippen LogP contribution in [0.15, 0.2) is 18.2 Å². The van der Waals surface area contributed by atoms with E-state index in [0.717, 1.165) is 5.56 Å². The first-order valence-electron chi connectivity index (χ1n) is 6.65. The largest absolute Gasteiger partial charge is 0.508 e. The fourth-order valence-corrected chi connectivity index (χ4v) is 2.90. The number of rotatable bonds is 3. The number of phenolic OH excluding ortho intramolecular Hbond substituents is 2. The Morgan fingerprint density at radius 1 is 1.22 bits per heavy atom. The van der Waals surface area contributed by atoms with Crippen molar-refractivity contribution in [3.8, 4) is 11.5 Å². The molecule has 3 N–H and O–H groups in total. The van der Waals surface area contributed by atoms with Crippen molar-refractivity contribution in [2.24, 2.45) is 5.41 Å². The molecule has 3 nitrogen and oxygen atoms in total. The van der Waals surface area contributed by atoms with Gasteiger partial charge in [0.25, 0.3) is 0 Å². The number of phenols is 2. The Balaban J connectivity index is 2.01. The number of hydrogen-bond donors (Lipinski definition) is 3. The smallest absolute Gasteiger partial charge is 0.119 e. The predicted octanol–water partition coefficient (Wildman–Crippen LogP) is 3.33. The standard InChI is InChI=1S/C15H23NO2/c1-10(11-6-13(17)8-14(18)7-11)16-12-4-5-15(2,3)9-12/h6-8,10,12,16-18H,4-5,9H2,1-3H3. The summed E-state index contributed by atoms with van der Waals surface area (Å²) < 4.78 is 0. The molecule has 1 aliphatic rings. The zero-order valence-electron chi connectivity index (χ0n) is 11.4. The van der Waals surface area contributed by atoms with Gasteiger partial charge in [0.1, 0.15) is 11.5 Å². The Labute approximate surface area is 109 Å². The van der Waals surface area contributed by atoms with Gasteiger partial charge in [-0.25, -0.2) is 0 Å². The summed E-state index contributed by atoms with van der Waals surface area (Å²) in [6.45, 7) is 6.68. The molecular formula is C15H23NO2. The number of nitrogens with one attached hydrogen (secondary N) is 1. The average molecular weight is 249 g/mol. The first-order chi connectivity index (χ1) is 8.35. The topological polar surface area (TPSA) is 52.5 Å². The van der Waals surface area contributed by atoms with Gasteiger partial charge in [-0.05, 0) is 49.3 Å². The van der Waals surface area contributed by atoms with Crippen molar-refractivity contribution in [1.82, 2.24) is 5.32 Å². The molecule has 3 heteroatoms. The lowest BCUT2D eigenvalue weighted by Crippen LogP contribution is -2.30. The van der Waals surface area contributed by atoms with Gasteiger partial charge < -0.3 is 15.5 Å². The highest BCUT2D eigenvalue weighted by atomic mass is 16.3. The molecule has 0 spiro atoms. The minimum absolute atomic E-state index is 0.116. The molecule has 0 bridgehead atoms. The SMILES string of the molecule is CC(NC1CCC(C)(C)C1)c1cc(O)cc(O)c1. The van der Waals surface area contributed by atoms with E-state index in [-0.39, 0.29) is 17.5 Å². The number of benzene rings is 1. The Kier molecular flexibility index (Phi) is 3.53. The van der Waals surface area contributed by atoms with Gasteiger partial charge in [-0.2, -0.15) is 0 Å². The molecule has 0 radical (unpaired) electrons. The summed E-state index contributed by atoms with van der Waals surface area (Å²) in [7, 11) is 0. The molecule has 0 saturated heterocycles. The monoisotopic (exact) mass is 249 g/mol. The zero-order valence-corrected chi connectivity index (χ0v) is 11.4. The average Bonchev–Trinajstić information content (AvgIpc) is 2.56. The van der Waals surface area contributed by atoms with Crippen LogP contribution < -0.4 is 5.32 Å². The normalized spacial score (nSPS) is 24.1. The van der Waals surface area contributed by atoms with E-state index in [4.69, 9.17) is 0 Å². The molecule has 0 heterocycles. The van der Waals surface area contributed by atoms with Gasteiger partial charge in [0.15, 0.2) is 0 Å². The predicted molar refractivity (Wildman–Crippen MR) is 72.7 cm³/mol. The van der Waals surface area contributed by atoms with Gasteiger partial charge in [0, 0.05) is 18.2 Å². The van der Waals surface area contributed by atoms with Crippen LogP contribution in [0.4, 0.5) is 0 Å². The fraction of sp³-hybridized carbons (Fsp3) is 0.600. The third kappa shape index (κ3) is 3.16. The Morgan fingerprint density at radius 3 is 2.33 bits per heavy atom. The van der Waals surface area contributed by atoms with Gasteiger partial charge in [-0.15, -0.1) is 0 Å². The first kappa shape index (κ1) is 13.2. The molecule has 1 saturated carbocycles. The summed E-state index contributed by atoms with van der Waals surface area (Å²) >= 11 is 0. The lowest BCUT2D eigenvalue weighted by Gasteiger charge is -2.22. The van der Waals surface area contributed by atoms with Crippen LogP contribution in [-0.4, -0.2) is 16.3 Å². The van der Waals surface area contributed by atoms with E-state index in [2.05, 4.69) is 26.1 Å². The maximum atomic E-state index is 9.50. The molecule has 18 heavy (non-hydrogen) atoms. The maximum absolute atomic E-state index is 9.50. The fourth-order valence-electron chi connectivity index (χ4n) is 2.90. The van der Waals surface area contributed by atoms with Gasteiger partial charge in [-0.1, -0.05) is 13.8 Å². The first-order valence-corrected chi connectivity index (χ1v) is 6.65. The van der Waals surface area contributed by atoms with Gasteiger partial charge in [-0.3, -0.25) is 0 Å². The van der Waals surface area contributed by atoms with Crippen LogP contribution in [0, 0.1) is 5.41 Å². The van der Waals surface area contributed by atoms with Crippen molar-refractivity contribution < 1.29 is 10.2 Å². The molecule has 1 aromatic carbocycles. The van der Waals surface area contributed by atoms with Crippen molar-refractivity contribution >= 4 is 0 Å². The van der Waals surface area contributed by atoms with Gasteiger partial charge in [0.2, 0.25) is 0 Å². The third-order valence-corrected chi connectivity index (χ3v) is 3.88. The van der Waals surface area contributed by atoms with Crippen molar-refractivity contribution in [3.05, 3.63) is 23.8 Å². The van der Waals surface area contributed by atoms with Crippen molar-refractivity contribution in [2.45, 2.75) is 52.1 Å². The minimum Gasteiger partial charge on any atom is -0.508 e. The number of aromatic hydroxyl groups is 2. The van der Waals surface area contributed by atoms with Crippen molar-refractivity contribution in [3.63, 3.8) is 0 Å². The Bertz CT molecular complexity index is 408. The summed E-state index contributed by atoms with van der Waals surface area (Å²) in [5.41, 5.74) is 1.36. The van der Waals surface area contributed by atoms with E-state index < -0.39 is 0 Å². The summed E-state index contributed by atoms with van der Waals surface area (Å²) in [6.07, 6.45) is 3.63. The number of hydrogen-bond acceptors (Lipinski definition) is 3. The lowest BCUT2D eigenvalue weighted by atomic mass is 9.91. The minimum atomic E-state index is 0.116. The van der Waals surface area contributed by atoms with Crippen LogP contribution in [0.5, 0.6) is 11.5 Å². The van der Waals surface area contributed by atoms with E-state index in [1.807, 2.05) is 0 Å². The molecule has 100 valence electrons. The molecule has 2 atom stereocenters. The molecule has 0 amide bonds. The van der Waals surface area contributed by atoms with Gasteiger partial charge in [0.05, 0.1) is 0 Å². The van der Waals surface area contributed by atoms with Crippen LogP contribution in [0.25, 0.3) is 0 Å². The molecule has 2 rings (SSSR count). The van der Waals surface area contributed by atoms with Gasteiger partial charge >= 0.3 is 0 Å². The highest BCUT2D eigenvalue weighted by molar-refractivity contribution is 5.38. The van der Waals surface area contributed by atoms with Crippen LogP contribution in [-0.2, 0) is 0 Å². The second-order valence-electron chi connectivity index (χ2n) is 6.28. The van der Waals surface area contributed by atoms with Crippen LogP contribution in [0.3, 0.4) is 0 Å². The quantitative estimate of drug-likeness (QED) is 0.770.